The quantitative estimate of drug-likeness (QED) is 0.648. The van der Waals surface area contributed by atoms with Crippen molar-refractivity contribution in [2.45, 2.75) is 6.42 Å². The molecule has 1 aromatic rings. The maximum absolute atomic E-state index is 10.9. The number of hydrogen-bond acceptors (Lipinski definition) is 4. The summed E-state index contributed by atoms with van der Waals surface area (Å²) in [5, 5.41) is 8.44. The summed E-state index contributed by atoms with van der Waals surface area (Å²) in [5.41, 5.74) is 0.689. The number of aliphatic carboxylic acids is 1. The number of carboxylic acids is 1. The maximum Gasteiger partial charge on any atom is 0.376 e. The lowest BCUT2D eigenvalue weighted by molar-refractivity contribution is -0.146. The lowest BCUT2D eigenvalue weighted by Crippen LogP contribution is -2.08. The molecule has 1 heterocycles. The molecule has 1 aromatic carbocycles. The van der Waals surface area contributed by atoms with Crippen LogP contribution in [0.25, 0.3) is 6.08 Å². The van der Waals surface area contributed by atoms with E-state index >= 15 is 0 Å². The molecule has 2 rings (SSSR count). The molecular formula is C13H12O5. The van der Waals surface area contributed by atoms with E-state index in [4.69, 9.17) is 14.6 Å². The zero-order valence-electron chi connectivity index (χ0n) is 9.59. The number of ether oxygens (including phenoxy) is 2. The molecule has 0 aliphatic carbocycles. The average molecular weight is 248 g/mol. The average Bonchev–Trinajstić information content (AvgIpc) is 2.60. The number of rotatable bonds is 3. The number of fused-ring (bicyclic) bond motifs is 1. The van der Waals surface area contributed by atoms with Crippen molar-refractivity contribution in [3.63, 3.8) is 0 Å². The van der Waals surface area contributed by atoms with Crippen molar-refractivity contribution in [3.05, 3.63) is 29.8 Å². The number of benzene rings is 1. The standard InChI is InChI=1S/C13H12O5/c14-10(13(15)16)4-2-9-3-5-11-12(8-9)18-7-1-6-17-11/h2-5,8H,1,6-7H2,(H,15,16)/b4-2+. The third kappa shape index (κ3) is 2.88. The van der Waals surface area contributed by atoms with E-state index in [2.05, 4.69) is 0 Å². The minimum Gasteiger partial charge on any atom is -0.490 e. The van der Waals surface area contributed by atoms with E-state index in [1.807, 2.05) is 0 Å². The number of carbonyl (C=O) groups excluding carboxylic acids is 1. The zero-order valence-corrected chi connectivity index (χ0v) is 9.59. The van der Waals surface area contributed by atoms with Gasteiger partial charge in [-0.15, -0.1) is 0 Å². The van der Waals surface area contributed by atoms with Crippen LogP contribution in [0.1, 0.15) is 12.0 Å². The van der Waals surface area contributed by atoms with Gasteiger partial charge < -0.3 is 14.6 Å². The van der Waals surface area contributed by atoms with Crippen LogP contribution in [0.5, 0.6) is 11.5 Å². The van der Waals surface area contributed by atoms with Gasteiger partial charge in [-0.25, -0.2) is 4.79 Å². The summed E-state index contributed by atoms with van der Waals surface area (Å²) in [7, 11) is 0. The van der Waals surface area contributed by atoms with E-state index in [1.54, 1.807) is 18.2 Å². The summed E-state index contributed by atoms with van der Waals surface area (Å²) in [6, 6.07) is 5.19. The Morgan fingerprint density at radius 3 is 2.61 bits per heavy atom. The van der Waals surface area contributed by atoms with E-state index in [0.717, 1.165) is 12.5 Å². The number of carbonyl (C=O) groups is 2. The Hall–Kier alpha value is -2.30. The van der Waals surface area contributed by atoms with Crippen LogP contribution in [0.2, 0.25) is 0 Å². The number of hydrogen-bond donors (Lipinski definition) is 1. The van der Waals surface area contributed by atoms with Crippen molar-refractivity contribution in [2.24, 2.45) is 0 Å². The molecule has 94 valence electrons. The van der Waals surface area contributed by atoms with Crippen LogP contribution >= 0.6 is 0 Å². The van der Waals surface area contributed by atoms with Gasteiger partial charge in [0.25, 0.3) is 5.78 Å². The largest absolute Gasteiger partial charge is 0.490 e. The van der Waals surface area contributed by atoms with Crippen LogP contribution in [0.15, 0.2) is 24.3 Å². The molecule has 5 nitrogen and oxygen atoms in total. The maximum atomic E-state index is 10.9. The Kier molecular flexibility index (Phi) is 3.62. The van der Waals surface area contributed by atoms with Gasteiger partial charge in [-0.2, -0.15) is 0 Å². The first-order valence-corrected chi connectivity index (χ1v) is 5.52. The van der Waals surface area contributed by atoms with Crippen molar-refractivity contribution >= 4 is 17.8 Å². The molecule has 0 saturated carbocycles. The van der Waals surface area contributed by atoms with Gasteiger partial charge in [0.15, 0.2) is 11.5 Å². The molecule has 18 heavy (non-hydrogen) atoms. The van der Waals surface area contributed by atoms with Crippen LogP contribution in [-0.2, 0) is 9.59 Å². The second-order valence-electron chi connectivity index (χ2n) is 3.76. The van der Waals surface area contributed by atoms with Gasteiger partial charge in [-0.3, -0.25) is 4.79 Å². The van der Waals surface area contributed by atoms with E-state index in [9.17, 15) is 9.59 Å². The van der Waals surface area contributed by atoms with Crippen molar-refractivity contribution in [2.75, 3.05) is 13.2 Å². The molecule has 0 fully saturated rings. The summed E-state index contributed by atoms with van der Waals surface area (Å²) in [4.78, 5) is 21.3. The molecule has 5 heteroatoms. The molecule has 0 unspecified atom stereocenters. The zero-order chi connectivity index (χ0) is 13.0. The lowest BCUT2D eigenvalue weighted by Gasteiger charge is -2.07. The second kappa shape index (κ2) is 5.35. The summed E-state index contributed by atoms with van der Waals surface area (Å²) in [6.45, 7) is 1.19. The first-order valence-electron chi connectivity index (χ1n) is 5.52. The molecule has 0 atom stereocenters. The van der Waals surface area contributed by atoms with Crippen LogP contribution in [0.4, 0.5) is 0 Å². The minimum atomic E-state index is -1.47. The van der Waals surface area contributed by atoms with Crippen LogP contribution in [0.3, 0.4) is 0 Å². The third-order valence-corrected chi connectivity index (χ3v) is 2.41. The third-order valence-electron chi connectivity index (χ3n) is 2.41. The van der Waals surface area contributed by atoms with Crippen LogP contribution in [-0.4, -0.2) is 30.1 Å². The Morgan fingerprint density at radius 2 is 1.89 bits per heavy atom. The highest BCUT2D eigenvalue weighted by molar-refractivity contribution is 6.38. The van der Waals surface area contributed by atoms with Crippen LogP contribution in [0, 0.1) is 0 Å². The lowest BCUT2D eigenvalue weighted by atomic mass is 10.1. The fourth-order valence-electron chi connectivity index (χ4n) is 1.53. The predicted octanol–water partition coefficient (Wildman–Crippen LogP) is 1.51. The summed E-state index contributed by atoms with van der Waals surface area (Å²) >= 11 is 0. The van der Waals surface area contributed by atoms with E-state index in [-0.39, 0.29) is 0 Å². The number of carboxylic acid groups (broad SMARTS) is 1. The number of ketones is 1. The molecule has 0 saturated heterocycles. The Balaban J connectivity index is 2.18. The van der Waals surface area contributed by atoms with Gasteiger partial charge in [0.05, 0.1) is 13.2 Å². The summed E-state index contributed by atoms with van der Waals surface area (Å²) in [6.07, 6.45) is 3.27. The first-order chi connectivity index (χ1) is 8.66. The van der Waals surface area contributed by atoms with Crippen molar-refractivity contribution in [3.8, 4) is 11.5 Å². The highest BCUT2D eigenvalue weighted by Gasteiger charge is 2.10. The summed E-state index contributed by atoms with van der Waals surface area (Å²) < 4.78 is 10.9. The van der Waals surface area contributed by atoms with Gasteiger partial charge in [0, 0.05) is 6.42 Å². The van der Waals surface area contributed by atoms with E-state index in [1.165, 1.54) is 6.08 Å². The van der Waals surface area contributed by atoms with Gasteiger partial charge >= 0.3 is 5.97 Å². The monoisotopic (exact) mass is 248 g/mol. The van der Waals surface area contributed by atoms with E-state index in [0.29, 0.717) is 30.3 Å². The molecule has 1 N–H and O–H groups in total. The molecule has 1 aliphatic heterocycles. The van der Waals surface area contributed by atoms with Gasteiger partial charge in [-0.05, 0) is 23.8 Å². The summed E-state index contributed by atoms with van der Waals surface area (Å²) in [5.74, 6) is -1.16. The van der Waals surface area contributed by atoms with Gasteiger partial charge in [0.1, 0.15) is 0 Å². The topological polar surface area (TPSA) is 72.8 Å². The molecular weight excluding hydrogens is 236 g/mol. The smallest absolute Gasteiger partial charge is 0.376 e. The highest BCUT2D eigenvalue weighted by atomic mass is 16.5. The fourth-order valence-corrected chi connectivity index (χ4v) is 1.53. The minimum absolute atomic E-state index is 0.578. The SMILES string of the molecule is O=C(O)C(=O)/C=C/c1ccc2c(c1)OCCCO2. The van der Waals surface area contributed by atoms with Crippen molar-refractivity contribution in [1.82, 2.24) is 0 Å². The first kappa shape index (κ1) is 12.2. The van der Waals surface area contributed by atoms with Crippen molar-refractivity contribution in [1.29, 1.82) is 0 Å². The second-order valence-corrected chi connectivity index (χ2v) is 3.76. The van der Waals surface area contributed by atoms with E-state index < -0.39 is 11.8 Å². The molecule has 0 amide bonds. The molecule has 0 spiro atoms. The molecule has 0 bridgehead atoms. The van der Waals surface area contributed by atoms with Crippen molar-refractivity contribution < 1.29 is 24.2 Å². The fraction of sp³-hybridized carbons (Fsp3) is 0.231. The Labute approximate surface area is 104 Å². The van der Waals surface area contributed by atoms with Crippen LogP contribution < -0.4 is 9.47 Å². The molecule has 0 aromatic heterocycles. The molecule has 0 radical (unpaired) electrons. The molecule has 1 aliphatic rings. The van der Waals surface area contributed by atoms with Gasteiger partial charge in [0.2, 0.25) is 0 Å². The van der Waals surface area contributed by atoms with Gasteiger partial charge in [-0.1, -0.05) is 12.1 Å². The predicted molar refractivity (Wildman–Crippen MR) is 63.7 cm³/mol. The normalized spacial score (nSPS) is 14.2. The Morgan fingerprint density at radius 1 is 1.17 bits per heavy atom. The Bertz CT molecular complexity index is 504. The highest BCUT2D eigenvalue weighted by Crippen LogP contribution is 2.30.